The zero-order valence-electron chi connectivity index (χ0n) is 8.69. The third-order valence-corrected chi connectivity index (χ3v) is 3.39. The number of hydrogen-bond acceptors (Lipinski definition) is 2. The number of nitrogens with zero attached hydrogens (tertiary/aromatic N) is 1. The van der Waals surface area contributed by atoms with Gasteiger partial charge in [0.05, 0.1) is 6.89 Å². The van der Waals surface area contributed by atoms with Crippen LogP contribution >= 0.6 is 0 Å². The maximum absolute atomic E-state index is 12.4. The van der Waals surface area contributed by atoms with E-state index in [1.807, 2.05) is 0 Å². The van der Waals surface area contributed by atoms with Gasteiger partial charge in [0.1, 0.15) is 0 Å². The van der Waals surface area contributed by atoms with E-state index in [0.29, 0.717) is 0 Å². The summed E-state index contributed by atoms with van der Waals surface area (Å²) in [4.78, 5) is 0. The average Bonchev–Trinajstić information content (AvgIpc) is 2.51. The van der Waals surface area contributed by atoms with Crippen molar-refractivity contribution in [2.24, 2.45) is 0 Å². The molecule has 0 saturated heterocycles. The lowest BCUT2D eigenvalue weighted by molar-refractivity contribution is -0.0445. The van der Waals surface area contributed by atoms with Crippen LogP contribution < -0.4 is 0 Å². The number of fused-ring (bicyclic) bond motifs is 1. The molecule has 3 nitrogen and oxygen atoms in total. The van der Waals surface area contributed by atoms with Gasteiger partial charge < -0.3 is 0 Å². The second-order valence-electron chi connectivity index (χ2n) is 3.05. The third-order valence-electron chi connectivity index (χ3n) is 2.03. The van der Waals surface area contributed by atoms with Gasteiger partial charge in [-0.15, -0.1) is 0 Å². The highest BCUT2D eigenvalue weighted by Gasteiger charge is 2.47. The van der Waals surface area contributed by atoms with Crippen molar-refractivity contribution >= 4 is 20.9 Å². The van der Waals surface area contributed by atoms with Gasteiger partial charge in [-0.25, -0.2) is 3.97 Å². The van der Waals surface area contributed by atoms with E-state index in [-0.39, 0.29) is 14.9 Å². The lowest BCUT2D eigenvalue weighted by Crippen LogP contribution is -2.29. The van der Waals surface area contributed by atoms with Gasteiger partial charge in [0.25, 0.3) is 0 Å². The highest BCUT2D eigenvalue weighted by atomic mass is 32.2. The molecule has 0 aliphatic rings. The Morgan fingerprint density at radius 3 is 2.44 bits per heavy atom. The van der Waals surface area contributed by atoms with Crippen LogP contribution in [-0.4, -0.2) is 17.9 Å². The van der Waals surface area contributed by atoms with Gasteiger partial charge in [-0.2, -0.15) is 21.6 Å². The summed E-state index contributed by atoms with van der Waals surface area (Å²) < 4.78 is 67.1. The molecule has 16 heavy (non-hydrogen) atoms. The molecule has 0 aliphatic carbocycles. The number of para-hydroxylation sites is 1. The second kappa shape index (κ2) is 3.24. The maximum Gasteiger partial charge on any atom is 0.517 e. The van der Waals surface area contributed by atoms with Gasteiger partial charge >= 0.3 is 15.5 Å². The standard InChI is InChI=1S/C9H6F3NO2S/c10-9(11,12)16(14,15)13-6-5-7-3-1-2-4-8(7)13/h1-6H/i6D. The number of alkyl halides is 3. The van der Waals surface area contributed by atoms with Crippen LogP contribution in [0.3, 0.4) is 0 Å². The van der Waals surface area contributed by atoms with Crippen LogP contribution in [0.2, 0.25) is 0 Å². The maximum atomic E-state index is 12.4. The first-order valence-electron chi connectivity index (χ1n) is 4.64. The quantitative estimate of drug-likeness (QED) is 0.779. The minimum atomic E-state index is -5.56. The van der Waals surface area contributed by atoms with Crippen molar-refractivity contribution in [3.05, 3.63) is 36.5 Å². The van der Waals surface area contributed by atoms with Crippen LogP contribution in [0.25, 0.3) is 10.9 Å². The van der Waals surface area contributed by atoms with Gasteiger partial charge in [0.2, 0.25) is 0 Å². The Labute approximate surface area is 90.6 Å². The van der Waals surface area contributed by atoms with Crippen molar-refractivity contribution in [1.82, 2.24) is 3.97 Å². The molecular formula is C9H6F3NO2S. The van der Waals surface area contributed by atoms with E-state index in [1.165, 1.54) is 18.2 Å². The Morgan fingerprint density at radius 1 is 1.19 bits per heavy atom. The highest BCUT2D eigenvalue weighted by molar-refractivity contribution is 7.90. The molecule has 0 radical (unpaired) electrons. The molecule has 0 bridgehead atoms. The molecule has 2 aromatic rings. The van der Waals surface area contributed by atoms with Crippen molar-refractivity contribution < 1.29 is 23.0 Å². The zero-order valence-corrected chi connectivity index (χ0v) is 8.51. The SMILES string of the molecule is [2H]c1cc2ccccc2n1S(=O)(=O)C(F)(F)F. The van der Waals surface area contributed by atoms with Crippen LogP contribution in [-0.2, 0) is 10.0 Å². The van der Waals surface area contributed by atoms with Crippen molar-refractivity contribution in [3.63, 3.8) is 0 Å². The molecule has 0 amide bonds. The van der Waals surface area contributed by atoms with Crippen molar-refractivity contribution in [1.29, 1.82) is 0 Å². The topological polar surface area (TPSA) is 39.1 Å². The molecule has 0 atom stereocenters. The summed E-state index contributed by atoms with van der Waals surface area (Å²) in [7, 11) is -5.56. The minimum absolute atomic E-state index is 0.0116. The van der Waals surface area contributed by atoms with Crippen molar-refractivity contribution in [3.8, 4) is 0 Å². The summed E-state index contributed by atoms with van der Waals surface area (Å²) in [6.07, 6.45) is -0.719. The van der Waals surface area contributed by atoms with Gasteiger partial charge in [-0.1, -0.05) is 18.2 Å². The number of benzene rings is 1. The lowest BCUT2D eigenvalue weighted by atomic mass is 10.3. The van der Waals surface area contributed by atoms with Crippen molar-refractivity contribution in [2.45, 2.75) is 5.51 Å². The van der Waals surface area contributed by atoms with Crippen LogP contribution in [0.5, 0.6) is 0 Å². The Kier molecular flexibility index (Phi) is 1.97. The molecule has 0 fully saturated rings. The number of hydrogen-bond donors (Lipinski definition) is 0. The summed E-state index contributed by atoms with van der Waals surface area (Å²) in [5.74, 6) is 0. The number of rotatable bonds is 1. The molecule has 7 heteroatoms. The van der Waals surface area contributed by atoms with Crippen molar-refractivity contribution in [2.75, 3.05) is 0 Å². The van der Waals surface area contributed by atoms with E-state index in [0.717, 1.165) is 6.07 Å². The molecule has 1 aromatic carbocycles. The smallest absolute Gasteiger partial charge is 0.238 e. The van der Waals surface area contributed by atoms with Gasteiger partial charge in [0, 0.05) is 11.6 Å². The summed E-state index contributed by atoms with van der Waals surface area (Å²) in [6.45, 7) is 0. The number of halogens is 3. The van der Waals surface area contributed by atoms with E-state index in [1.54, 1.807) is 6.07 Å². The first kappa shape index (κ1) is 9.71. The summed E-state index contributed by atoms with van der Waals surface area (Å²) in [5, 5.41) is 0.269. The van der Waals surface area contributed by atoms with Crippen LogP contribution in [0.4, 0.5) is 13.2 Å². The predicted molar refractivity (Wildman–Crippen MR) is 52.3 cm³/mol. The fraction of sp³-hybridized carbons (Fsp3) is 0.111. The Hall–Kier alpha value is -1.50. The Bertz CT molecular complexity index is 675. The van der Waals surface area contributed by atoms with Gasteiger partial charge in [-0.3, -0.25) is 0 Å². The molecule has 0 unspecified atom stereocenters. The van der Waals surface area contributed by atoms with E-state index >= 15 is 0 Å². The molecule has 86 valence electrons. The average molecular weight is 250 g/mol. The minimum Gasteiger partial charge on any atom is -0.238 e. The second-order valence-corrected chi connectivity index (χ2v) is 4.83. The summed E-state index contributed by atoms with van der Waals surface area (Å²) >= 11 is 0. The van der Waals surface area contributed by atoms with E-state index in [4.69, 9.17) is 1.37 Å². The first-order valence-corrected chi connectivity index (χ1v) is 5.58. The van der Waals surface area contributed by atoms with Crippen LogP contribution in [0, 0.1) is 0 Å². The third kappa shape index (κ3) is 1.47. The summed E-state index contributed by atoms with van der Waals surface area (Å²) in [6, 6.07) is 6.68. The molecule has 1 aromatic heterocycles. The lowest BCUT2D eigenvalue weighted by Gasteiger charge is -2.09. The van der Waals surface area contributed by atoms with E-state index in [2.05, 4.69) is 0 Å². The largest absolute Gasteiger partial charge is 0.517 e. The van der Waals surface area contributed by atoms with Gasteiger partial charge in [-0.05, 0) is 12.1 Å². The van der Waals surface area contributed by atoms with Crippen LogP contribution in [0.1, 0.15) is 1.37 Å². The fourth-order valence-electron chi connectivity index (χ4n) is 1.29. The van der Waals surface area contributed by atoms with Crippen LogP contribution in [0.15, 0.2) is 36.5 Å². The Morgan fingerprint density at radius 2 is 1.81 bits per heavy atom. The highest BCUT2D eigenvalue weighted by Crippen LogP contribution is 2.28. The molecular weight excluding hydrogens is 243 g/mol. The molecule has 0 N–H and O–H groups in total. The molecule has 0 spiro atoms. The van der Waals surface area contributed by atoms with E-state index < -0.39 is 21.7 Å². The normalized spacial score (nSPS) is 14.1. The molecule has 2 rings (SSSR count). The number of aromatic nitrogens is 1. The molecule has 0 saturated carbocycles. The zero-order chi connectivity index (χ0) is 12.8. The monoisotopic (exact) mass is 250 g/mol. The molecule has 1 heterocycles. The molecule has 0 aliphatic heterocycles. The Balaban J connectivity index is 2.85. The predicted octanol–water partition coefficient (Wildman–Crippen LogP) is 2.34. The van der Waals surface area contributed by atoms with E-state index in [9.17, 15) is 21.6 Å². The summed E-state index contributed by atoms with van der Waals surface area (Å²) in [5.41, 5.74) is -5.58. The first-order chi connectivity index (χ1) is 7.75. The van der Waals surface area contributed by atoms with Gasteiger partial charge in [0.15, 0.2) is 0 Å². The fourth-order valence-corrected chi connectivity index (χ4v) is 2.12.